The quantitative estimate of drug-likeness (QED) is 0.235. The zero-order valence-corrected chi connectivity index (χ0v) is 27.3. The van der Waals surface area contributed by atoms with E-state index < -0.39 is 42.1 Å². The number of ether oxygens (including phenoxy) is 2. The lowest BCUT2D eigenvalue weighted by Crippen LogP contribution is -2.68. The van der Waals surface area contributed by atoms with Crippen LogP contribution in [0.25, 0.3) is 0 Å². The maximum absolute atomic E-state index is 14.3. The van der Waals surface area contributed by atoms with Gasteiger partial charge in [0.25, 0.3) is 0 Å². The molecule has 6 aliphatic rings. The highest BCUT2D eigenvalue weighted by Crippen LogP contribution is 2.75. The van der Waals surface area contributed by atoms with Crippen LogP contribution in [0.5, 0.6) is 0 Å². The van der Waals surface area contributed by atoms with Gasteiger partial charge in [0.05, 0.1) is 18.8 Å². The average Bonchev–Trinajstić information content (AvgIpc) is 2.91. The summed E-state index contributed by atoms with van der Waals surface area (Å²) in [5.41, 5.74) is -0.392. The zero-order valence-electron chi connectivity index (χ0n) is 27.3. The van der Waals surface area contributed by atoms with Crippen molar-refractivity contribution in [3.63, 3.8) is 0 Å². The summed E-state index contributed by atoms with van der Waals surface area (Å²) < 4.78 is 11.3. The second-order valence-corrected chi connectivity index (χ2v) is 17.5. The third-order valence-corrected chi connectivity index (χ3v) is 14.7. The van der Waals surface area contributed by atoms with Crippen molar-refractivity contribution in [3.05, 3.63) is 11.6 Å². The number of aliphatic hydroxyl groups is 5. The molecule has 8 nitrogen and oxygen atoms in total. The first kappa shape index (κ1) is 31.9. The van der Waals surface area contributed by atoms with Crippen molar-refractivity contribution in [2.24, 2.45) is 50.2 Å². The third kappa shape index (κ3) is 4.25. The van der Waals surface area contributed by atoms with Gasteiger partial charge in [-0.3, -0.25) is 4.79 Å². The summed E-state index contributed by atoms with van der Waals surface area (Å²) >= 11 is 0. The van der Waals surface area contributed by atoms with Crippen molar-refractivity contribution in [3.8, 4) is 0 Å². The summed E-state index contributed by atoms with van der Waals surface area (Å²) in [5, 5.41) is 54.0. The van der Waals surface area contributed by atoms with Gasteiger partial charge in [-0.15, -0.1) is 0 Å². The lowest BCUT2D eigenvalue weighted by atomic mass is 9.33. The van der Waals surface area contributed by atoms with E-state index in [1.165, 1.54) is 5.57 Å². The maximum Gasteiger partial charge on any atom is 0.317 e. The molecular weight excluding hydrogens is 548 g/mol. The van der Waals surface area contributed by atoms with E-state index in [1.54, 1.807) is 0 Å². The topological polar surface area (TPSA) is 137 Å². The summed E-state index contributed by atoms with van der Waals surface area (Å²) in [7, 11) is 0. The Hall–Kier alpha value is -1.03. The summed E-state index contributed by atoms with van der Waals surface area (Å²) in [6.07, 6.45) is 2.71. The van der Waals surface area contributed by atoms with Crippen LogP contribution in [-0.2, 0) is 14.3 Å². The van der Waals surface area contributed by atoms with Crippen LogP contribution in [0.2, 0.25) is 0 Å². The van der Waals surface area contributed by atoms with Gasteiger partial charge in [0.1, 0.15) is 23.7 Å². The van der Waals surface area contributed by atoms with E-state index in [0.717, 1.165) is 44.9 Å². The number of aliphatic hydroxyl groups excluding tert-OH is 5. The van der Waals surface area contributed by atoms with E-state index in [2.05, 4.69) is 54.5 Å². The van der Waals surface area contributed by atoms with E-state index in [4.69, 9.17) is 9.47 Å². The van der Waals surface area contributed by atoms with Gasteiger partial charge in [-0.25, -0.2) is 0 Å². The Kier molecular flexibility index (Phi) is 7.41. The number of esters is 1. The molecule has 6 rings (SSSR count). The molecule has 43 heavy (non-hydrogen) atoms. The highest BCUT2D eigenvalue weighted by Gasteiger charge is 2.71. The number of allylic oxidation sites excluding steroid dienone is 2. The van der Waals surface area contributed by atoms with Crippen molar-refractivity contribution < 1.29 is 39.8 Å². The summed E-state index contributed by atoms with van der Waals surface area (Å²) in [4.78, 5) is 14.3. The van der Waals surface area contributed by atoms with Crippen molar-refractivity contribution in [1.82, 2.24) is 0 Å². The van der Waals surface area contributed by atoms with Gasteiger partial charge in [-0.1, -0.05) is 60.1 Å². The van der Waals surface area contributed by atoms with Crippen molar-refractivity contribution in [2.75, 3.05) is 6.61 Å². The van der Waals surface area contributed by atoms with Gasteiger partial charge in [0.15, 0.2) is 0 Å². The Labute approximate surface area is 257 Å². The van der Waals surface area contributed by atoms with Gasteiger partial charge in [-0.2, -0.15) is 0 Å². The molecule has 2 unspecified atom stereocenters. The number of hydrogen-bond acceptors (Lipinski definition) is 8. The molecule has 0 spiro atoms. The highest BCUT2D eigenvalue weighted by molar-refractivity contribution is 5.80. The molecule has 1 heterocycles. The van der Waals surface area contributed by atoms with E-state index in [0.29, 0.717) is 24.7 Å². The van der Waals surface area contributed by atoms with E-state index in [1.807, 2.05) is 0 Å². The largest absolute Gasteiger partial charge is 0.432 e. The Morgan fingerprint density at radius 1 is 0.837 bits per heavy atom. The number of carbonyl (C=O) groups is 1. The van der Waals surface area contributed by atoms with Crippen LogP contribution in [0.4, 0.5) is 0 Å². The summed E-state index contributed by atoms with van der Waals surface area (Å²) in [6, 6.07) is 0. The van der Waals surface area contributed by atoms with E-state index >= 15 is 0 Å². The lowest BCUT2D eigenvalue weighted by Gasteiger charge is -2.71. The Bertz CT molecular complexity index is 1160. The molecule has 5 fully saturated rings. The zero-order chi connectivity index (χ0) is 31.5. The lowest BCUT2D eigenvalue weighted by molar-refractivity contribution is -0.274. The Morgan fingerprint density at radius 3 is 2.23 bits per heavy atom. The minimum atomic E-state index is -1.57. The average molecular weight is 605 g/mol. The SMILES string of the molecule is CC1(C)CC[C@]2(C(=O)O[C@H]3OC[C@H](O)[C@@H](O)C3O)C(O)C[C@]3(C)C(=CC[C@@H]4[C@@]5(C)CC[C@H](O)C(C)(C)[C@@H]5CC[C@]43C)[C@@H]2C1. The van der Waals surface area contributed by atoms with Gasteiger partial charge in [0, 0.05) is 0 Å². The monoisotopic (exact) mass is 604 g/mol. The summed E-state index contributed by atoms with van der Waals surface area (Å²) in [5.74, 6) is 0.0253. The maximum atomic E-state index is 14.3. The predicted octanol–water partition coefficient (Wildman–Crippen LogP) is 4.10. The molecule has 13 atom stereocenters. The molecule has 0 radical (unpaired) electrons. The van der Waals surface area contributed by atoms with Gasteiger partial charge in [0.2, 0.25) is 6.29 Å². The van der Waals surface area contributed by atoms with Crippen LogP contribution in [0, 0.1) is 50.2 Å². The molecule has 5 N–H and O–H groups in total. The third-order valence-electron chi connectivity index (χ3n) is 14.7. The van der Waals surface area contributed by atoms with Crippen molar-refractivity contribution in [1.29, 1.82) is 0 Å². The number of carbonyl (C=O) groups excluding carboxylic acids is 1. The summed E-state index contributed by atoms with van der Waals surface area (Å²) in [6.45, 7) is 16.0. The minimum absolute atomic E-state index is 0.0284. The number of hydrogen-bond donors (Lipinski definition) is 5. The standard InChI is InChI=1S/C35H56O8/c1-30(2)14-15-35(29(41)43-28-27(40)26(39)21(36)18-42-28)20(16-30)19-8-9-23-32(5)12-11-24(37)31(3,4)22(32)10-13-33(23,6)34(19,7)17-25(35)38/h8,20-28,36-40H,9-18H2,1-7H3/t20-,21-,22-,23+,24-,25?,26+,27?,28+,32-,33+,34+,35+/m0/s1. The van der Waals surface area contributed by atoms with Crippen LogP contribution < -0.4 is 0 Å². The van der Waals surface area contributed by atoms with Crippen molar-refractivity contribution in [2.45, 2.75) is 143 Å². The smallest absolute Gasteiger partial charge is 0.317 e. The molecule has 4 saturated carbocycles. The second-order valence-electron chi connectivity index (χ2n) is 17.5. The predicted molar refractivity (Wildman–Crippen MR) is 160 cm³/mol. The first-order chi connectivity index (χ1) is 19.8. The highest BCUT2D eigenvalue weighted by atomic mass is 16.7. The van der Waals surface area contributed by atoms with Crippen molar-refractivity contribution >= 4 is 5.97 Å². The molecule has 0 amide bonds. The fraction of sp³-hybridized carbons (Fsp3) is 0.914. The fourth-order valence-corrected chi connectivity index (χ4v) is 11.8. The number of fused-ring (bicyclic) bond motifs is 7. The molecule has 0 bridgehead atoms. The molecule has 8 heteroatoms. The molecule has 0 aromatic heterocycles. The van der Waals surface area contributed by atoms with Crippen LogP contribution in [0.3, 0.4) is 0 Å². The van der Waals surface area contributed by atoms with Gasteiger partial charge >= 0.3 is 5.97 Å². The van der Waals surface area contributed by atoms with Crippen LogP contribution in [0.1, 0.15) is 106 Å². The van der Waals surface area contributed by atoms with Gasteiger partial charge in [-0.05, 0) is 103 Å². The molecule has 1 aliphatic heterocycles. The van der Waals surface area contributed by atoms with Crippen LogP contribution in [-0.4, -0.2) is 74.9 Å². The first-order valence-corrected chi connectivity index (χ1v) is 16.8. The number of rotatable bonds is 2. The Morgan fingerprint density at radius 2 is 1.53 bits per heavy atom. The molecule has 5 aliphatic carbocycles. The van der Waals surface area contributed by atoms with E-state index in [-0.39, 0.29) is 45.7 Å². The first-order valence-electron chi connectivity index (χ1n) is 16.8. The molecule has 0 aromatic carbocycles. The Balaban J connectivity index is 1.39. The molecule has 1 saturated heterocycles. The molecule has 244 valence electrons. The fourth-order valence-electron chi connectivity index (χ4n) is 11.8. The molecule has 0 aromatic rings. The second kappa shape index (κ2) is 9.98. The van der Waals surface area contributed by atoms with E-state index in [9.17, 15) is 30.3 Å². The van der Waals surface area contributed by atoms with Crippen LogP contribution in [0.15, 0.2) is 11.6 Å². The normalized spacial score (nSPS) is 53.8. The van der Waals surface area contributed by atoms with Gasteiger partial charge < -0.3 is 35.0 Å². The minimum Gasteiger partial charge on any atom is -0.432 e. The molecular formula is C35H56O8. The van der Waals surface area contributed by atoms with Crippen LogP contribution >= 0.6 is 0 Å².